The van der Waals surface area contributed by atoms with E-state index in [1.54, 1.807) is 12.0 Å². The molecule has 0 radical (unpaired) electrons. The molecule has 1 fully saturated rings. The lowest BCUT2D eigenvalue weighted by atomic mass is 9.93. The Kier molecular flexibility index (Phi) is 6.65. The normalized spacial score (nSPS) is 24.7. The average molecular weight is 298 g/mol. The molecule has 0 aromatic carbocycles. The number of hydrogen-bond acceptors (Lipinski definition) is 3. The summed E-state index contributed by atoms with van der Waals surface area (Å²) < 4.78 is 5.29. The Balaban J connectivity index is 3.07. The summed E-state index contributed by atoms with van der Waals surface area (Å²) in [5.41, 5.74) is 0. The lowest BCUT2D eigenvalue weighted by Crippen LogP contribution is -2.67. The molecule has 0 aromatic heterocycles. The van der Waals surface area contributed by atoms with Gasteiger partial charge in [0.15, 0.2) is 0 Å². The summed E-state index contributed by atoms with van der Waals surface area (Å²) >= 11 is 0. The largest absolute Gasteiger partial charge is 0.383 e. The highest BCUT2D eigenvalue weighted by Crippen LogP contribution is 2.23. The van der Waals surface area contributed by atoms with Crippen LogP contribution in [0.15, 0.2) is 0 Å². The van der Waals surface area contributed by atoms with E-state index in [1.165, 1.54) is 0 Å². The predicted molar refractivity (Wildman–Crippen MR) is 82.8 cm³/mol. The maximum absolute atomic E-state index is 12.9. The molecule has 2 amide bonds. The molecule has 0 bridgehead atoms. The molecule has 1 rings (SSSR count). The van der Waals surface area contributed by atoms with Crippen molar-refractivity contribution in [3.05, 3.63) is 0 Å². The Morgan fingerprint density at radius 2 is 1.86 bits per heavy atom. The Hall–Kier alpha value is -1.10. The second kappa shape index (κ2) is 7.78. The minimum absolute atomic E-state index is 0.0332. The Morgan fingerprint density at radius 1 is 1.24 bits per heavy atom. The van der Waals surface area contributed by atoms with Gasteiger partial charge in [-0.3, -0.25) is 9.59 Å². The third-order valence-corrected chi connectivity index (χ3v) is 4.07. The smallest absolute Gasteiger partial charge is 0.246 e. The highest BCUT2D eigenvalue weighted by atomic mass is 16.5. The molecule has 122 valence electrons. The van der Waals surface area contributed by atoms with Crippen LogP contribution in [0, 0.1) is 11.8 Å². The van der Waals surface area contributed by atoms with E-state index >= 15 is 0 Å². The van der Waals surface area contributed by atoms with Gasteiger partial charge in [0.1, 0.15) is 12.1 Å². The van der Waals surface area contributed by atoms with E-state index < -0.39 is 6.04 Å². The van der Waals surface area contributed by atoms with Gasteiger partial charge in [-0.2, -0.15) is 0 Å². The molecule has 0 spiro atoms. The van der Waals surface area contributed by atoms with Crippen LogP contribution in [0.3, 0.4) is 0 Å². The fraction of sp³-hybridized carbons (Fsp3) is 0.875. The summed E-state index contributed by atoms with van der Waals surface area (Å²) in [6, 6.07) is -0.852. The Bertz CT molecular complexity index is 369. The van der Waals surface area contributed by atoms with Crippen molar-refractivity contribution in [1.82, 2.24) is 10.2 Å². The van der Waals surface area contributed by atoms with Crippen molar-refractivity contribution in [2.24, 2.45) is 11.8 Å². The number of piperazine rings is 1. The van der Waals surface area contributed by atoms with Gasteiger partial charge in [-0.05, 0) is 24.7 Å². The molecule has 1 aliphatic heterocycles. The third kappa shape index (κ3) is 4.19. The fourth-order valence-electron chi connectivity index (χ4n) is 2.96. The van der Waals surface area contributed by atoms with Gasteiger partial charge in [0.25, 0.3) is 0 Å². The number of rotatable bonds is 7. The number of carbonyl (C=O) groups excluding carboxylic acids is 2. The molecule has 21 heavy (non-hydrogen) atoms. The lowest BCUT2D eigenvalue weighted by Gasteiger charge is -2.44. The van der Waals surface area contributed by atoms with Crippen molar-refractivity contribution < 1.29 is 14.3 Å². The molecule has 3 atom stereocenters. The van der Waals surface area contributed by atoms with Gasteiger partial charge in [0, 0.05) is 7.11 Å². The fourth-order valence-corrected chi connectivity index (χ4v) is 2.96. The van der Waals surface area contributed by atoms with Gasteiger partial charge < -0.3 is 15.0 Å². The zero-order chi connectivity index (χ0) is 16.2. The van der Waals surface area contributed by atoms with Gasteiger partial charge in [0.2, 0.25) is 11.8 Å². The lowest BCUT2D eigenvalue weighted by molar-refractivity contribution is -0.155. The molecule has 5 nitrogen and oxygen atoms in total. The van der Waals surface area contributed by atoms with Crippen molar-refractivity contribution in [3.8, 4) is 0 Å². The van der Waals surface area contributed by atoms with E-state index in [9.17, 15) is 9.59 Å². The summed E-state index contributed by atoms with van der Waals surface area (Å²) in [6.45, 7) is 10.6. The van der Waals surface area contributed by atoms with Gasteiger partial charge in [-0.1, -0.05) is 34.6 Å². The summed E-state index contributed by atoms with van der Waals surface area (Å²) in [7, 11) is 1.64. The van der Waals surface area contributed by atoms with Crippen molar-refractivity contribution in [3.63, 3.8) is 0 Å². The van der Waals surface area contributed by atoms with E-state index in [0.29, 0.717) is 25.4 Å². The van der Waals surface area contributed by atoms with Crippen LogP contribution in [-0.4, -0.2) is 48.6 Å². The SMILES string of the molecule is CCC1C(=O)NC(CC(C)C)C(=O)N1C(COC)C(C)C. The first kappa shape index (κ1) is 18.0. The molecular formula is C16H30N2O3. The number of ether oxygens (including phenoxy) is 1. The molecule has 0 aliphatic carbocycles. The first-order valence-corrected chi connectivity index (χ1v) is 7.94. The minimum atomic E-state index is -0.404. The topological polar surface area (TPSA) is 58.6 Å². The number of carbonyl (C=O) groups is 2. The molecule has 1 N–H and O–H groups in total. The van der Waals surface area contributed by atoms with Crippen LogP contribution in [0.25, 0.3) is 0 Å². The summed E-state index contributed by atoms with van der Waals surface area (Å²) in [5, 5.41) is 2.89. The standard InChI is InChI=1S/C16H30N2O3/c1-7-13-15(19)17-12(8-10(2)3)16(20)18(13)14(9-21-6)11(4)5/h10-14H,7-9H2,1-6H3,(H,17,19). The number of nitrogens with one attached hydrogen (secondary N) is 1. The molecule has 5 heteroatoms. The van der Waals surface area contributed by atoms with Crippen molar-refractivity contribution in [1.29, 1.82) is 0 Å². The summed E-state index contributed by atoms with van der Waals surface area (Å²) in [5.74, 6) is 0.600. The Morgan fingerprint density at radius 3 is 2.29 bits per heavy atom. The molecular weight excluding hydrogens is 268 g/mol. The molecule has 1 aliphatic rings. The molecule has 3 unspecified atom stereocenters. The van der Waals surface area contributed by atoms with Gasteiger partial charge in [0.05, 0.1) is 12.6 Å². The minimum Gasteiger partial charge on any atom is -0.383 e. The molecule has 0 saturated carbocycles. The summed E-state index contributed by atoms with van der Waals surface area (Å²) in [6.07, 6.45) is 1.30. The molecule has 0 aromatic rings. The van der Waals surface area contributed by atoms with E-state index in [2.05, 4.69) is 33.0 Å². The van der Waals surface area contributed by atoms with Crippen LogP contribution in [0.4, 0.5) is 0 Å². The summed E-state index contributed by atoms with van der Waals surface area (Å²) in [4.78, 5) is 27.0. The van der Waals surface area contributed by atoms with Crippen LogP contribution in [0.1, 0.15) is 47.5 Å². The first-order chi connectivity index (χ1) is 9.83. The van der Waals surface area contributed by atoms with E-state index in [-0.39, 0.29) is 29.8 Å². The Labute approximate surface area is 128 Å². The number of nitrogens with zero attached hydrogens (tertiary/aromatic N) is 1. The van der Waals surface area contributed by atoms with Crippen LogP contribution >= 0.6 is 0 Å². The average Bonchev–Trinajstić information content (AvgIpc) is 2.39. The van der Waals surface area contributed by atoms with Crippen molar-refractivity contribution >= 4 is 11.8 Å². The van der Waals surface area contributed by atoms with Crippen molar-refractivity contribution in [2.75, 3.05) is 13.7 Å². The maximum Gasteiger partial charge on any atom is 0.246 e. The molecule has 1 saturated heterocycles. The van der Waals surface area contributed by atoms with Crippen LogP contribution in [0.2, 0.25) is 0 Å². The predicted octanol–water partition coefficient (Wildman–Crippen LogP) is 1.81. The van der Waals surface area contributed by atoms with E-state index in [4.69, 9.17) is 4.74 Å². The van der Waals surface area contributed by atoms with E-state index in [1.807, 2.05) is 6.92 Å². The van der Waals surface area contributed by atoms with Gasteiger partial charge in [-0.15, -0.1) is 0 Å². The van der Waals surface area contributed by atoms with Crippen molar-refractivity contribution in [2.45, 2.75) is 65.6 Å². The van der Waals surface area contributed by atoms with E-state index in [0.717, 1.165) is 0 Å². The second-order valence-corrected chi connectivity index (χ2v) is 6.63. The zero-order valence-electron chi connectivity index (χ0n) is 14.2. The van der Waals surface area contributed by atoms with Crippen LogP contribution in [0.5, 0.6) is 0 Å². The molecule has 1 heterocycles. The van der Waals surface area contributed by atoms with Crippen LogP contribution < -0.4 is 5.32 Å². The van der Waals surface area contributed by atoms with Gasteiger partial charge >= 0.3 is 0 Å². The van der Waals surface area contributed by atoms with Crippen LogP contribution in [-0.2, 0) is 14.3 Å². The van der Waals surface area contributed by atoms with Gasteiger partial charge in [-0.25, -0.2) is 0 Å². The monoisotopic (exact) mass is 298 g/mol. The number of methoxy groups -OCH3 is 1. The number of amides is 2. The first-order valence-electron chi connectivity index (χ1n) is 7.94. The quantitative estimate of drug-likeness (QED) is 0.780. The maximum atomic E-state index is 12.9. The highest BCUT2D eigenvalue weighted by Gasteiger charge is 2.43. The number of hydrogen-bond donors (Lipinski definition) is 1. The zero-order valence-corrected chi connectivity index (χ0v) is 14.2. The second-order valence-electron chi connectivity index (χ2n) is 6.63. The third-order valence-electron chi connectivity index (χ3n) is 4.07. The highest BCUT2D eigenvalue weighted by molar-refractivity contribution is 5.97.